The van der Waals surface area contributed by atoms with Crippen molar-refractivity contribution < 1.29 is 12.8 Å². The number of rotatable bonds is 2. The van der Waals surface area contributed by atoms with Crippen molar-refractivity contribution in [2.75, 3.05) is 0 Å². The summed E-state index contributed by atoms with van der Waals surface area (Å²) in [7, 11) is -3.69. The van der Waals surface area contributed by atoms with Gasteiger partial charge in [0.2, 0.25) is 9.84 Å². The Hall–Kier alpha value is -1.53. The van der Waals surface area contributed by atoms with Gasteiger partial charge >= 0.3 is 0 Å². The van der Waals surface area contributed by atoms with Crippen molar-refractivity contribution in [1.82, 2.24) is 4.98 Å². The van der Waals surface area contributed by atoms with Crippen molar-refractivity contribution in [1.29, 1.82) is 0 Å². The Morgan fingerprint density at radius 1 is 1.19 bits per heavy atom. The van der Waals surface area contributed by atoms with E-state index in [2.05, 4.69) is 20.9 Å². The second-order valence-corrected chi connectivity index (χ2v) is 7.56. The summed E-state index contributed by atoms with van der Waals surface area (Å²) in [6, 6.07) is 6.73. The predicted octanol–water partition coefficient (Wildman–Crippen LogP) is 3.74. The van der Waals surface area contributed by atoms with Gasteiger partial charge in [-0.05, 0) is 64.7 Å². The largest absolute Gasteiger partial charge is 0.254 e. The van der Waals surface area contributed by atoms with Crippen LogP contribution in [0.15, 0.2) is 52.0 Å². The van der Waals surface area contributed by atoms with E-state index in [1.807, 2.05) is 6.07 Å². The number of sulfone groups is 1. The van der Waals surface area contributed by atoms with E-state index in [0.29, 0.717) is 12.1 Å². The molecule has 3 rings (SSSR count). The van der Waals surface area contributed by atoms with Crippen LogP contribution in [0.4, 0.5) is 4.39 Å². The summed E-state index contributed by atoms with van der Waals surface area (Å²) in [6.07, 6.45) is 4.66. The Labute approximate surface area is 130 Å². The van der Waals surface area contributed by atoms with Gasteiger partial charge in [-0.2, -0.15) is 0 Å². The molecule has 0 atom stereocenters. The average Bonchev–Trinajstić information content (AvgIpc) is 2.46. The quantitative estimate of drug-likeness (QED) is 0.759. The van der Waals surface area contributed by atoms with Crippen molar-refractivity contribution in [2.45, 2.75) is 17.7 Å². The van der Waals surface area contributed by atoms with E-state index in [1.165, 1.54) is 12.1 Å². The molecule has 21 heavy (non-hydrogen) atoms. The first-order chi connectivity index (χ1) is 9.98. The van der Waals surface area contributed by atoms with E-state index in [-0.39, 0.29) is 9.80 Å². The van der Waals surface area contributed by atoms with Crippen LogP contribution in [-0.2, 0) is 16.3 Å². The lowest BCUT2D eigenvalue weighted by atomic mass is 10.0. The van der Waals surface area contributed by atoms with Crippen molar-refractivity contribution in [2.24, 2.45) is 0 Å². The highest BCUT2D eigenvalue weighted by Crippen LogP contribution is 2.34. The fourth-order valence-corrected chi connectivity index (χ4v) is 4.23. The van der Waals surface area contributed by atoms with Crippen LogP contribution < -0.4 is 0 Å². The van der Waals surface area contributed by atoms with Crippen LogP contribution in [0.3, 0.4) is 0 Å². The first kappa shape index (κ1) is 14.4. The molecular formula is C15H11BrFNO2S. The molecular weight excluding hydrogens is 357 g/mol. The van der Waals surface area contributed by atoms with Crippen molar-refractivity contribution in [3.05, 3.63) is 64.2 Å². The lowest BCUT2D eigenvalue weighted by molar-refractivity contribution is 0.603. The molecule has 3 nitrogen and oxygen atoms in total. The van der Waals surface area contributed by atoms with Crippen LogP contribution in [0.1, 0.15) is 17.7 Å². The molecule has 0 N–H and O–H groups in total. The molecule has 0 unspecified atom stereocenters. The molecule has 0 fully saturated rings. The summed E-state index contributed by atoms with van der Waals surface area (Å²) in [5.41, 5.74) is 1.38. The number of hydrogen-bond donors (Lipinski definition) is 0. The van der Waals surface area contributed by atoms with E-state index in [9.17, 15) is 12.8 Å². The number of hydrogen-bond acceptors (Lipinski definition) is 3. The molecule has 1 aliphatic rings. The van der Waals surface area contributed by atoms with Gasteiger partial charge in [-0.3, -0.25) is 4.98 Å². The minimum Gasteiger partial charge on any atom is -0.254 e. The number of benzene rings is 1. The van der Waals surface area contributed by atoms with E-state index in [0.717, 1.165) is 28.6 Å². The van der Waals surface area contributed by atoms with Gasteiger partial charge in [0.15, 0.2) is 0 Å². The second-order valence-electron chi connectivity index (χ2n) is 4.73. The summed E-state index contributed by atoms with van der Waals surface area (Å²) < 4.78 is 39.2. The fourth-order valence-electron chi connectivity index (χ4n) is 2.33. The van der Waals surface area contributed by atoms with Crippen LogP contribution in [0.25, 0.3) is 4.91 Å². The molecule has 0 aliphatic heterocycles. The lowest BCUT2D eigenvalue weighted by Crippen LogP contribution is -2.11. The third-order valence-electron chi connectivity index (χ3n) is 3.32. The zero-order valence-electron chi connectivity index (χ0n) is 10.9. The van der Waals surface area contributed by atoms with E-state index in [1.54, 1.807) is 12.3 Å². The topological polar surface area (TPSA) is 47.0 Å². The molecule has 0 bridgehead atoms. The molecule has 2 aromatic rings. The molecule has 6 heteroatoms. The SMILES string of the molecule is O=S(=O)(C1=CCCc2cc(Br)cnc21)c1ccc(F)cc1. The molecule has 0 saturated carbocycles. The van der Waals surface area contributed by atoms with Gasteiger partial charge in [-0.25, -0.2) is 12.8 Å². The van der Waals surface area contributed by atoms with Gasteiger partial charge < -0.3 is 0 Å². The number of pyridine rings is 1. The molecule has 0 amide bonds. The predicted molar refractivity (Wildman–Crippen MR) is 81.8 cm³/mol. The molecule has 0 spiro atoms. The maximum absolute atomic E-state index is 13.0. The Balaban J connectivity index is 2.12. The van der Waals surface area contributed by atoms with Gasteiger partial charge in [0.25, 0.3) is 0 Å². The average molecular weight is 368 g/mol. The molecule has 1 aliphatic carbocycles. The lowest BCUT2D eigenvalue weighted by Gasteiger charge is -2.17. The summed E-state index contributed by atoms with van der Waals surface area (Å²) in [5.74, 6) is -0.464. The minimum absolute atomic E-state index is 0.0766. The van der Waals surface area contributed by atoms with Crippen molar-refractivity contribution >= 4 is 30.7 Å². The summed E-state index contributed by atoms with van der Waals surface area (Å²) in [5, 5.41) is 0. The van der Waals surface area contributed by atoms with Gasteiger partial charge in [0.05, 0.1) is 15.5 Å². The smallest absolute Gasteiger partial charge is 0.208 e. The number of fused-ring (bicyclic) bond motifs is 1. The Morgan fingerprint density at radius 2 is 1.90 bits per heavy atom. The number of aryl methyl sites for hydroxylation is 1. The molecule has 1 aromatic carbocycles. The fraction of sp³-hybridized carbons (Fsp3) is 0.133. The number of aromatic nitrogens is 1. The zero-order valence-corrected chi connectivity index (χ0v) is 13.3. The molecule has 0 saturated heterocycles. The maximum atomic E-state index is 13.0. The van der Waals surface area contributed by atoms with Crippen LogP contribution in [0.5, 0.6) is 0 Å². The first-order valence-electron chi connectivity index (χ1n) is 6.34. The molecule has 1 heterocycles. The Bertz CT molecular complexity index is 829. The highest BCUT2D eigenvalue weighted by atomic mass is 79.9. The van der Waals surface area contributed by atoms with E-state index >= 15 is 0 Å². The Morgan fingerprint density at radius 3 is 2.62 bits per heavy atom. The van der Waals surface area contributed by atoms with E-state index in [4.69, 9.17) is 0 Å². The van der Waals surface area contributed by atoms with Crippen LogP contribution in [-0.4, -0.2) is 13.4 Å². The third-order valence-corrected chi connectivity index (χ3v) is 5.59. The minimum atomic E-state index is -3.69. The van der Waals surface area contributed by atoms with Gasteiger partial charge in [0.1, 0.15) is 5.82 Å². The van der Waals surface area contributed by atoms with Gasteiger partial charge in [-0.15, -0.1) is 0 Å². The van der Waals surface area contributed by atoms with Gasteiger partial charge in [-0.1, -0.05) is 6.08 Å². The Kier molecular flexibility index (Phi) is 3.67. The highest BCUT2D eigenvalue weighted by molar-refractivity contribution is 9.10. The normalized spacial score (nSPS) is 14.5. The maximum Gasteiger partial charge on any atom is 0.208 e. The number of nitrogens with zero attached hydrogens (tertiary/aromatic N) is 1. The number of allylic oxidation sites excluding steroid dienone is 1. The standard InChI is InChI=1S/C15H11BrFNO2S/c16-11-8-10-2-1-3-14(15(10)18-9-11)21(19,20)13-6-4-12(17)5-7-13/h3-9H,1-2H2. The third kappa shape index (κ3) is 2.65. The summed E-state index contributed by atoms with van der Waals surface area (Å²) in [4.78, 5) is 4.51. The van der Waals surface area contributed by atoms with Crippen molar-refractivity contribution in [3.63, 3.8) is 0 Å². The summed E-state index contributed by atoms with van der Waals surface area (Å²) in [6.45, 7) is 0. The summed E-state index contributed by atoms with van der Waals surface area (Å²) >= 11 is 3.34. The van der Waals surface area contributed by atoms with Crippen LogP contribution in [0.2, 0.25) is 0 Å². The van der Waals surface area contributed by atoms with Crippen LogP contribution in [0, 0.1) is 5.82 Å². The molecule has 108 valence electrons. The van der Waals surface area contributed by atoms with Crippen LogP contribution >= 0.6 is 15.9 Å². The molecule has 0 radical (unpaired) electrons. The van der Waals surface area contributed by atoms with Crippen molar-refractivity contribution in [3.8, 4) is 0 Å². The zero-order chi connectivity index (χ0) is 15.0. The second kappa shape index (κ2) is 5.35. The van der Waals surface area contributed by atoms with Gasteiger partial charge in [0, 0.05) is 10.7 Å². The first-order valence-corrected chi connectivity index (χ1v) is 8.62. The number of halogens is 2. The monoisotopic (exact) mass is 367 g/mol. The van der Waals surface area contributed by atoms with E-state index < -0.39 is 15.7 Å². The molecule has 1 aromatic heterocycles. The highest BCUT2D eigenvalue weighted by Gasteiger charge is 2.27.